The summed E-state index contributed by atoms with van der Waals surface area (Å²) in [5.41, 5.74) is 9.39. The van der Waals surface area contributed by atoms with Crippen molar-refractivity contribution in [3.8, 4) is 33.4 Å². The number of nitrogens with zero attached hydrogens (tertiary/aromatic N) is 2. The fraction of sp³-hybridized carbons (Fsp3) is 0. The van der Waals surface area contributed by atoms with Crippen molar-refractivity contribution in [2.45, 2.75) is 0 Å². The Morgan fingerprint density at radius 2 is 0.792 bits per heavy atom. The molecule has 2 nitrogen and oxygen atoms in total. The van der Waals surface area contributed by atoms with Crippen LogP contribution >= 0.6 is 0 Å². The second kappa shape index (κ2) is 12.9. The van der Waals surface area contributed by atoms with Crippen LogP contribution in [-0.4, -0.2) is 4.98 Å². The molecule has 10 rings (SSSR count). The van der Waals surface area contributed by atoms with Gasteiger partial charge in [-0.05, 0) is 96.7 Å². The molecule has 0 saturated heterocycles. The molecule has 0 aliphatic carbocycles. The van der Waals surface area contributed by atoms with Crippen LogP contribution in [0.15, 0.2) is 206 Å². The van der Waals surface area contributed by atoms with Crippen molar-refractivity contribution in [2.75, 3.05) is 4.90 Å². The first-order valence-electron chi connectivity index (χ1n) is 18.1. The Bertz CT molecular complexity index is 2820. The molecule has 9 aromatic carbocycles. The van der Waals surface area contributed by atoms with Gasteiger partial charge < -0.3 is 0 Å². The number of hydrogen-bond donors (Lipinski definition) is 0. The number of hydrogen-bond acceptors (Lipinski definition) is 2. The highest BCUT2D eigenvalue weighted by Gasteiger charge is 2.25. The number of pyridine rings is 1. The Kier molecular flexibility index (Phi) is 7.51. The molecule has 0 fully saturated rings. The average Bonchev–Trinajstić information content (AvgIpc) is 3.24. The van der Waals surface area contributed by atoms with Crippen LogP contribution in [0.5, 0.6) is 0 Å². The quantitative estimate of drug-likeness (QED) is 0.129. The van der Waals surface area contributed by atoms with Crippen LogP contribution in [0.2, 0.25) is 0 Å². The van der Waals surface area contributed by atoms with Crippen LogP contribution in [0.25, 0.3) is 76.5 Å². The van der Waals surface area contributed by atoms with E-state index < -0.39 is 0 Å². The van der Waals surface area contributed by atoms with Gasteiger partial charge in [-0.3, -0.25) is 4.90 Å². The molecule has 0 radical (unpaired) electrons. The van der Waals surface area contributed by atoms with Crippen molar-refractivity contribution >= 4 is 60.3 Å². The molecule has 1 heterocycles. The lowest BCUT2D eigenvalue weighted by molar-refractivity contribution is 1.20. The maximum atomic E-state index is 5.03. The molecule has 10 aromatic rings. The van der Waals surface area contributed by atoms with E-state index in [1.54, 1.807) is 0 Å². The summed E-state index contributed by atoms with van der Waals surface area (Å²) in [4.78, 5) is 7.42. The molecule has 0 unspecified atom stereocenters. The molecular weight excluding hydrogens is 641 g/mol. The second-order valence-corrected chi connectivity index (χ2v) is 13.5. The Morgan fingerprint density at radius 1 is 0.321 bits per heavy atom. The Hall–Kier alpha value is -7.03. The molecule has 0 saturated carbocycles. The Balaban J connectivity index is 1.32. The van der Waals surface area contributed by atoms with Gasteiger partial charge in [-0.1, -0.05) is 164 Å². The van der Waals surface area contributed by atoms with E-state index in [4.69, 9.17) is 4.98 Å². The van der Waals surface area contributed by atoms with Gasteiger partial charge in [0.25, 0.3) is 0 Å². The van der Waals surface area contributed by atoms with Crippen molar-refractivity contribution in [2.24, 2.45) is 0 Å². The SMILES string of the molecule is c1ccc(-c2cc(-c3ccccc3)cc(-c3c4ccccc4c(N(c4ccccn4)c4cc5ccccc5c5ccccc45)c4ccccc34)c2)cc1. The van der Waals surface area contributed by atoms with E-state index in [0.29, 0.717) is 0 Å². The fourth-order valence-electron chi connectivity index (χ4n) is 8.09. The lowest BCUT2D eigenvalue weighted by Gasteiger charge is -2.30. The summed E-state index contributed by atoms with van der Waals surface area (Å²) in [5.74, 6) is 0.869. The van der Waals surface area contributed by atoms with Gasteiger partial charge in [0.1, 0.15) is 5.82 Å². The molecule has 53 heavy (non-hydrogen) atoms. The highest BCUT2D eigenvalue weighted by atomic mass is 15.2. The van der Waals surface area contributed by atoms with Crippen LogP contribution in [-0.2, 0) is 0 Å². The highest BCUT2D eigenvalue weighted by molar-refractivity contribution is 6.24. The van der Waals surface area contributed by atoms with E-state index in [1.165, 1.54) is 65.7 Å². The van der Waals surface area contributed by atoms with Gasteiger partial charge in [0.2, 0.25) is 0 Å². The Labute approximate surface area is 308 Å². The minimum absolute atomic E-state index is 0.869. The van der Waals surface area contributed by atoms with E-state index in [2.05, 4.69) is 199 Å². The molecule has 0 N–H and O–H groups in total. The zero-order valence-corrected chi connectivity index (χ0v) is 29.0. The minimum Gasteiger partial charge on any atom is -0.293 e. The van der Waals surface area contributed by atoms with Gasteiger partial charge in [0.05, 0.1) is 11.4 Å². The summed E-state index contributed by atoms with van der Waals surface area (Å²) < 4.78 is 0. The minimum atomic E-state index is 0.869. The molecule has 0 aliphatic heterocycles. The third-order valence-electron chi connectivity index (χ3n) is 10.4. The average molecular weight is 675 g/mol. The van der Waals surface area contributed by atoms with Gasteiger partial charge >= 0.3 is 0 Å². The molecule has 0 atom stereocenters. The summed E-state index contributed by atoms with van der Waals surface area (Å²) in [6.45, 7) is 0. The lowest BCUT2D eigenvalue weighted by Crippen LogP contribution is -2.13. The van der Waals surface area contributed by atoms with Crippen LogP contribution in [0.4, 0.5) is 17.2 Å². The molecule has 248 valence electrons. The summed E-state index contributed by atoms with van der Waals surface area (Å²) >= 11 is 0. The van der Waals surface area contributed by atoms with E-state index >= 15 is 0 Å². The number of aromatic nitrogens is 1. The topological polar surface area (TPSA) is 16.1 Å². The molecule has 0 amide bonds. The molecular formula is C51H34N2. The van der Waals surface area contributed by atoms with E-state index in [1.807, 2.05) is 12.3 Å². The zero-order valence-electron chi connectivity index (χ0n) is 29.0. The predicted octanol–water partition coefficient (Wildman–Crippen LogP) is 14.2. The zero-order chi connectivity index (χ0) is 35.1. The summed E-state index contributed by atoms with van der Waals surface area (Å²) in [6, 6.07) is 72.2. The standard InChI is InChI=1S/C51H34N2/c1-3-17-35(18-4-1)38-31-39(36-19-5-2-6-20-36)33-40(32-38)50-44-25-11-13-27-46(44)51(47-28-14-12-26-45(47)50)53(49-29-15-16-30-52-49)48-34-37-21-7-8-22-41(37)42-23-9-10-24-43(42)48/h1-34H. The van der Waals surface area contributed by atoms with E-state index in [-0.39, 0.29) is 0 Å². The molecule has 0 spiro atoms. The smallest absolute Gasteiger partial charge is 0.137 e. The van der Waals surface area contributed by atoms with Crippen molar-refractivity contribution in [1.29, 1.82) is 0 Å². The lowest BCUT2D eigenvalue weighted by atomic mass is 9.87. The predicted molar refractivity (Wildman–Crippen MR) is 225 cm³/mol. The number of rotatable bonds is 6. The second-order valence-electron chi connectivity index (χ2n) is 13.5. The first-order chi connectivity index (χ1) is 26.3. The monoisotopic (exact) mass is 674 g/mol. The summed E-state index contributed by atoms with van der Waals surface area (Å²) in [6.07, 6.45) is 1.89. The summed E-state index contributed by atoms with van der Waals surface area (Å²) in [7, 11) is 0. The molecule has 1 aromatic heterocycles. The maximum Gasteiger partial charge on any atom is 0.137 e. The molecule has 2 heteroatoms. The first-order valence-corrected chi connectivity index (χ1v) is 18.1. The normalized spacial score (nSPS) is 11.4. The van der Waals surface area contributed by atoms with Gasteiger partial charge in [-0.25, -0.2) is 4.98 Å². The first kappa shape index (κ1) is 30.8. The molecule has 0 bridgehead atoms. The van der Waals surface area contributed by atoms with Gasteiger partial charge in [0, 0.05) is 22.4 Å². The number of fused-ring (bicyclic) bond motifs is 5. The van der Waals surface area contributed by atoms with E-state index in [9.17, 15) is 0 Å². The number of benzene rings is 9. The third kappa shape index (κ3) is 5.32. The van der Waals surface area contributed by atoms with Gasteiger partial charge in [-0.2, -0.15) is 0 Å². The van der Waals surface area contributed by atoms with Crippen molar-refractivity contribution in [3.05, 3.63) is 206 Å². The van der Waals surface area contributed by atoms with E-state index in [0.717, 1.165) is 28.0 Å². The maximum absolute atomic E-state index is 5.03. The van der Waals surface area contributed by atoms with Gasteiger partial charge in [-0.15, -0.1) is 0 Å². The Morgan fingerprint density at radius 3 is 1.38 bits per heavy atom. The third-order valence-corrected chi connectivity index (χ3v) is 10.4. The molecule has 0 aliphatic rings. The van der Waals surface area contributed by atoms with Crippen LogP contribution in [0, 0.1) is 0 Å². The van der Waals surface area contributed by atoms with Crippen LogP contribution < -0.4 is 4.90 Å². The van der Waals surface area contributed by atoms with Crippen molar-refractivity contribution in [1.82, 2.24) is 4.98 Å². The van der Waals surface area contributed by atoms with Crippen LogP contribution in [0.1, 0.15) is 0 Å². The highest BCUT2D eigenvalue weighted by Crippen LogP contribution is 2.50. The number of anilines is 3. The van der Waals surface area contributed by atoms with Crippen molar-refractivity contribution < 1.29 is 0 Å². The largest absolute Gasteiger partial charge is 0.293 e. The van der Waals surface area contributed by atoms with Crippen molar-refractivity contribution in [3.63, 3.8) is 0 Å². The van der Waals surface area contributed by atoms with Gasteiger partial charge in [0.15, 0.2) is 0 Å². The van der Waals surface area contributed by atoms with Crippen LogP contribution in [0.3, 0.4) is 0 Å². The summed E-state index contributed by atoms with van der Waals surface area (Å²) in [5, 5.41) is 9.54. The fourth-order valence-corrected chi connectivity index (χ4v) is 8.09.